The van der Waals surface area contributed by atoms with Gasteiger partial charge in [-0.2, -0.15) is 0 Å². The van der Waals surface area contributed by atoms with Crippen molar-refractivity contribution in [3.8, 4) is 0 Å². The number of hydrogen-bond acceptors (Lipinski definition) is 5. The third-order valence-electron chi connectivity index (χ3n) is 3.81. The summed E-state index contributed by atoms with van der Waals surface area (Å²) in [5, 5.41) is 4.46. The lowest BCUT2D eigenvalue weighted by Crippen LogP contribution is -2.30. The number of halogens is 1. The Labute approximate surface area is 170 Å². The summed E-state index contributed by atoms with van der Waals surface area (Å²) in [6.07, 6.45) is 0. The van der Waals surface area contributed by atoms with Gasteiger partial charge in [-0.15, -0.1) is 11.8 Å². The second-order valence-corrected chi connectivity index (χ2v) is 7.43. The Balaban J connectivity index is 1.44. The molecule has 0 spiro atoms. The molecule has 2 aromatic carbocycles. The topological polar surface area (TPSA) is 88.3 Å². The number of aromatic amines is 1. The number of aromatic nitrogens is 1. The van der Waals surface area contributed by atoms with Crippen LogP contribution >= 0.6 is 23.4 Å². The van der Waals surface area contributed by atoms with Crippen LogP contribution in [0.4, 0.5) is 0 Å². The summed E-state index contributed by atoms with van der Waals surface area (Å²) in [6, 6.07) is 15.8. The molecular formula is C20H17ClN2O4S. The predicted molar refractivity (Wildman–Crippen MR) is 110 cm³/mol. The monoisotopic (exact) mass is 416 g/mol. The molecule has 1 aromatic heterocycles. The van der Waals surface area contributed by atoms with Gasteiger partial charge < -0.3 is 15.0 Å². The van der Waals surface area contributed by atoms with Crippen molar-refractivity contribution < 1.29 is 14.3 Å². The zero-order valence-corrected chi connectivity index (χ0v) is 16.3. The van der Waals surface area contributed by atoms with E-state index in [0.717, 1.165) is 4.90 Å². The molecule has 0 radical (unpaired) electrons. The van der Waals surface area contributed by atoms with E-state index >= 15 is 0 Å². The number of amides is 1. The molecule has 3 aromatic rings. The van der Waals surface area contributed by atoms with Crippen LogP contribution in [0.2, 0.25) is 5.02 Å². The Hall–Kier alpha value is -2.77. The van der Waals surface area contributed by atoms with E-state index in [9.17, 15) is 14.4 Å². The molecule has 2 N–H and O–H groups in total. The van der Waals surface area contributed by atoms with Crippen LogP contribution in [0.15, 0.2) is 64.3 Å². The van der Waals surface area contributed by atoms with Crippen molar-refractivity contribution >= 4 is 46.0 Å². The normalized spacial score (nSPS) is 10.6. The maximum absolute atomic E-state index is 12.1. The first-order valence-corrected chi connectivity index (χ1v) is 9.83. The highest BCUT2D eigenvalue weighted by Crippen LogP contribution is 2.19. The van der Waals surface area contributed by atoms with E-state index in [4.69, 9.17) is 16.3 Å². The lowest BCUT2D eigenvalue weighted by Gasteiger charge is -2.07. The van der Waals surface area contributed by atoms with Gasteiger partial charge in [-0.25, -0.2) is 4.79 Å². The molecule has 0 saturated heterocycles. The van der Waals surface area contributed by atoms with Gasteiger partial charge in [0.25, 0.3) is 11.5 Å². The first-order chi connectivity index (χ1) is 13.5. The van der Waals surface area contributed by atoms with Crippen molar-refractivity contribution in [2.45, 2.75) is 4.90 Å². The number of esters is 1. The van der Waals surface area contributed by atoms with Gasteiger partial charge >= 0.3 is 5.97 Å². The van der Waals surface area contributed by atoms with Gasteiger partial charge in [0.05, 0.1) is 0 Å². The van der Waals surface area contributed by atoms with E-state index in [-0.39, 0.29) is 11.3 Å². The maximum Gasteiger partial charge on any atom is 0.355 e. The van der Waals surface area contributed by atoms with Gasteiger partial charge in [-0.05, 0) is 41.8 Å². The van der Waals surface area contributed by atoms with Crippen molar-refractivity contribution in [3.63, 3.8) is 0 Å². The Bertz CT molecular complexity index is 1050. The molecule has 0 unspecified atom stereocenters. The quantitative estimate of drug-likeness (QED) is 0.350. The summed E-state index contributed by atoms with van der Waals surface area (Å²) in [7, 11) is 0. The molecule has 1 amide bonds. The molecule has 0 aliphatic heterocycles. The van der Waals surface area contributed by atoms with Gasteiger partial charge in [0.15, 0.2) is 6.61 Å². The largest absolute Gasteiger partial charge is 0.451 e. The molecule has 0 aliphatic rings. The van der Waals surface area contributed by atoms with Gasteiger partial charge in [0.2, 0.25) is 0 Å². The third-order valence-corrected chi connectivity index (χ3v) is 5.08. The van der Waals surface area contributed by atoms with Crippen molar-refractivity contribution in [1.29, 1.82) is 0 Å². The Morgan fingerprint density at radius 2 is 1.86 bits per heavy atom. The average Bonchev–Trinajstić information content (AvgIpc) is 2.70. The highest BCUT2D eigenvalue weighted by molar-refractivity contribution is 7.99. The summed E-state index contributed by atoms with van der Waals surface area (Å²) in [5.74, 6) is -0.499. The van der Waals surface area contributed by atoms with Crippen molar-refractivity contribution in [2.75, 3.05) is 18.9 Å². The standard InChI is InChI=1S/C20H17ClN2O4S/c21-14-5-7-15(8-6-14)28-10-9-22-18(24)12-27-20(26)17-11-13-3-1-2-4-16(13)19(25)23-17/h1-8,11H,9-10,12H2,(H,22,24)(H,23,25). The van der Waals surface area contributed by atoms with Gasteiger partial charge in [0, 0.05) is 27.6 Å². The first kappa shape index (κ1) is 20.0. The second-order valence-electron chi connectivity index (χ2n) is 5.83. The number of H-pyrrole nitrogens is 1. The summed E-state index contributed by atoms with van der Waals surface area (Å²) in [6.45, 7) is 0.00971. The van der Waals surface area contributed by atoms with Crippen LogP contribution < -0.4 is 10.9 Å². The number of carbonyl (C=O) groups excluding carboxylic acids is 2. The zero-order valence-electron chi connectivity index (χ0n) is 14.7. The molecule has 3 rings (SSSR count). The minimum absolute atomic E-state index is 0.00907. The third kappa shape index (κ3) is 5.37. The zero-order chi connectivity index (χ0) is 19.9. The molecule has 1 heterocycles. The highest BCUT2D eigenvalue weighted by atomic mass is 35.5. The SMILES string of the molecule is O=C(COC(=O)c1cc2ccccc2c(=O)[nH]1)NCCSc1ccc(Cl)cc1. The maximum atomic E-state index is 12.1. The van der Waals surface area contributed by atoms with E-state index in [2.05, 4.69) is 10.3 Å². The number of rotatable bonds is 7. The molecule has 0 fully saturated rings. The molecule has 6 nitrogen and oxygen atoms in total. The van der Waals surface area contributed by atoms with Crippen molar-refractivity contribution in [1.82, 2.24) is 10.3 Å². The fourth-order valence-corrected chi connectivity index (χ4v) is 3.37. The van der Waals surface area contributed by atoms with Crippen LogP contribution in [0.5, 0.6) is 0 Å². The molecule has 0 bridgehead atoms. The van der Waals surface area contributed by atoms with Gasteiger partial charge in [-0.1, -0.05) is 29.8 Å². The summed E-state index contributed by atoms with van der Waals surface area (Å²) in [4.78, 5) is 39.4. The number of fused-ring (bicyclic) bond motifs is 1. The molecule has 0 atom stereocenters. The smallest absolute Gasteiger partial charge is 0.355 e. The summed E-state index contributed by atoms with van der Waals surface area (Å²) < 4.78 is 4.98. The van der Waals surface area contributed by atoms with Crippen LogP contribution in [0, 0.1) is 0 Å². The van der Waals surface area contributed by atoms with Gasteiger partial charge in [0.1, 0.15) is 5.69 Å². The Kier molecular flexibility index (Phi) is 6.73. The van der Waals surface area contributed by atoms with Crippen LogP contribution in [-0.2, 0) is 9.53 Å². The number of ether oxygens (including phenoxy) is 1. The van der Waals surface area contributed by atoms with Crippen LogP contribution in [0.1, 0.15) is 10.5 Å². The predicted octanol–water partition coefficient (Wildman–Crippen LogP) is 3.25. The van der Waals surface area contributed by atoms with Gasteiger partial charge in [-0.3, -0.25) is 9.59 Å². The Morgan fingerprint density at radius 1 is 1.11 bits per heavy atom. The Morgan fingerprint density at radius 3 is 2.64 bits per heavy atom. The molecule has 0 aliphatic carbocycles. The van der Waals surface area contributed by atoms with Crippen LogP contribution in [-0.4, -0.2) is 35.8 Å². The summed E-state index contributed by atoms with van der Waals surface area (Å²) >= 11 is 7.40. The molecule has 144 valence electrons. The second kappa shape index (κ2) is 9.43. The number of nitrogens with one attached hydrogen (secondary N) is 2. The highest BCUT2D eigenvalue weighted by Gasteiger charge is 2.12. The molecule has 8 heteroatoms. The first-order valence-electron chi connectivity index (χ1n) is 8.47. The van der Waals surface area contributed by atoms with Crippen molar-refractivity contribution in [2.24, 2.45) is 0 Å². The number of pyridine rings is 1. The minimum Gasteiger partial charge on any atom is -0.451 e. The van der Waals surface area contributed by atoms with E-state index in [1.807, 2.05) is 12.1 Å². The molecular weight excluding hydrogens is 400 g/mol. The van der Waals surface area contributed by atoms with Crippen LogP contribution in [0.3, 0.4) is 0 Å². The number of benzene rings is 2. The lowest BCUT2D eigenvalue weighted by molar-refractivity contribution is -0.124. The average molecular weight is 417 g/mol. The number of thioether (sulfide) groups is 1. The fourth-order valence-electron chi connectivity index (χ4n) is 2.47. The van der Waals surface area contributed by atoms with Crippen molar-refractivity contribution in [3.05, 3.63) is 75.7 Å². The number of hydrogen-bond donors (Lipinski definition) is 2. The minimum atomic E-state index is -0.756. The summed E-state index contributed by atoms with van der Waals surface area (Å²) in [5.41, 5.74) is -0.372. The lowest BCUT2D eigenvalue weighted by atomic mass is 10.1. The van der Waals surface area contributed by atoms with E-state index in [0.29, 0.717) is 28.1 Å². The fraction of sp³-hybridized carbons (Fsp3) is 0.150. The molecule has 0 saturated carbocycles. The van der Waals surface area contributed by atoms with E-state index < -0.39 is 18.5 Å². The number of carbonyl (C=O) groups is 2. The van der Waals surface area contributed by atoms with E-state index in [1.54, 1.807) is 48.2 Å². The van der Waals surface area contributed by atoms with E-state index in [1.165, 1.54) is 6.07 Å². The molecule has 28 heavy (non-hydrogen) atoms. The van der Waals surface area contributed by atoms with Crippen LogP contribution in [0.25, 0.3) is 10.8 Å².